The van der Waals surface area contributed by atoms with Crippen molar-refractivity contribution < 1.29 is 34.1 Å². The van der Waals surface area contributed by atoms with E-state index >= 15 is 0 Å². The predicted octanol–water partition coefficient (Wildman–Crippen LogP) is 1.96. The predicted molar refractivity (Wildman–Crippen MR) is 110 cm³/mol. The molecular weight excluding hydrogens is 400 g/mol. The first-order chi connectivity index (χ1) is 14.3. The van der Waals surface area contributed by atoms with Gasteiger partial charge in [0.05, 0.1) is 12.2 Å². The number of ketones is 1. The maximum Gasteiger partial charge on any atom is 0.303 e. The lowest BCUT2D eigenvalue weighted by molar-refractivity contribution is -0.218. The molecule has 7 heteroatoms. The number of carbonyl (C=O) groups is 3. The van der Waals surface area contributed by atoms with Crippen LogP contribution in [0.5, 0.6) is 0 Å². The van der Waals surface area contributed by atoms with Crippen molar-refractivity contribution in [3.63, 3.8) is 0 Å². The zero-order valence-corrected chi connectivity index (χ0v) is 19.0. The van der Waals surface area contributed by atoms with Crippen molar-refractivity contribution in [1.29, 1.82) is 0 Å². The van der Waals surface area contributed by atoms with Crippen molar-refractivity contribution in [2.24, 2.45) is 35.0 Å². The lowest BCUT2D eigenvalue weighted by Gasteiger charge is -2.52. The van der Waals surface area contributed by atoms with Gasteiger partial charge in [0.2, 0.25) is 0 Å². The highest BCUT2D eigenvalue weighted by atomic mass is 16.6. The molecule has 7 nitrogen and oxygen atoms in total. The van der Waals surface area contributed by atoms with E-state index in [9.17, 15) is 24.6 Å². The third kappa shape index (κ3) is 2.68. The first-order valence-corrected chi connectivity index (χ1v) is 11.0. The summed E-state index contributed by atoms with van der Waals surface area (Å²) >= 11 is 0. The van der Waals surface area contributed by atoms with E-state index < -0.39 is 58.3 Å². The van der Waals surface area contributed by atoms with Gasteiger partial charge < -0.3 is 19.7 Å². The quantitative estimate of drug-likeness (QED) is 0.518. The van der Waals surface area contributed by atoms with Crippen LogP contribution in [-0.4, -0.2) is 51.8 Å². The van der Waals surface area contributed by atoms with E-state index in [1.54, 1.807) is 13.8 Å². The average Bonchev–Trinajstić information content (AvgIpc) is 3.06. The van der Waals surface area contributed by atoms with Gasteiger partial charge in [-0.2, -0.15) is 0 Å². The molecule has 2 saturated carbocycles. The maximum atomic E-state index is 12.9. The van der Waals surface area contributed by atoms with Gasteiger partial charge in [-0.25, -0.2) is 0 Å². The molecule has 0 amide bonds. The minimum atomic E-state index is -1.41. The van der Waals surface area contributed by atoms with E-state index in [1.807, 2.05) is 26.0 Å². The number of hydrogen-bond acceptors (Lipinski definition) is 7. The van der Waals surface area contributed by atoms with Crippen molar-refractivity contribution >= 4 is 17.7 Å². The monoisotopic (exact) mass is 432 g/mol. The number of hydrogen-bond donors (Lipinski definition) is 2. The number of Topliss-reactive ketones (excluding diaryl/α,β-unsaturated/α-hetero) is 1. The molecule has 31 heavy (non-hydrogen) atoms. The Hall–Kier alpha value is -1.99. The van der Waals surface area contributed by atoms with Crippen LogP contribution in [0.2, 0.25) is 0 Å². The lowest BCUT2D eigenvalue weighted by Crippen LogP contribution is -2.63. The first-order valence-electron chi connectivity index (χ1n) is 11.0. The highest BCUT2D eigenvalue weighted by molar-refractivity contribution is 6.00. The van der Waals surface area contributed by atoms with Crippen molar-refractivity contribution in [2.75, 3.05) is 6.61 Å². The smallest absolute Gasteiger partial charge is 0.303 e. The summed E-state index contributed by atoms with van der Waals surface area (Å²) in [5, 5.41) is 22.4. The summed E-state index contributed by atoms with van der Waals surface area (Å²) in [7, 11) is 0. The standard InChI is InChI=1S/C24H32O7/c1-11-7-17-16(19(11)28)8-15(10-25)9-18-20-22(5,6)24(20,31-14(4)27)21(30-13(3)26)12(2)23(17,18)29/h7,9,12,16-18,20-21,25,29H,8,10H2,1-6H3/t12-,16-,17-,18+,20-,21-,23+,24-/m1/s1. The summed E-state index contributed by atoms with van der Waals surface area (Å²) in [5.74, 6) is -3.40. The molecule has 0 spiro atoms. The molecule has 0 aromatic heterocycles. The second-order valence-corrected chi connectivity index (χ2v) is 10.4. The second kappa shape index (κ2) is 6.75. The van der Waals surface area contributed by atoms with Crippen molar-refractivity contribution in [3.05, 3.63) is 23.3 Å². The van der Waals surface area contributed by atoms with Gasteiger partial charge in [0, 0.05) is 48.9 Å². The molecule has 0 radical (unpaired) electrons. The normalized spacial score (nSPS) is 44.7. The van der Waals surface area contributed by atoms with Crippen LogP contribution in [0.4, 0.5) is 0 Å². The fourth-order valence-electron chi connectivity index (χ4n) is 7.18. The third-order valence-electron chi connectivity index (χ3n) is 8.49. The fourth-order valence-corrected chi connectivity index (χ4v) is 7.18. The van der Waals surface area contributed by atoms with Crippen LogP contribution < -0.4 is 0 Å². The van der Waals surface area contributed by atoms with E-state index in [2.05, 4.69) is 0 Å². The van der Waals surface area contributed by atoms with Crippen LogP contribution in [0.3, 0.4) is 0 Å². The lowest BCUT2D eigenvalue weighted by atomic mass is 9.60. The van der Waals surface area contributed by atoms with Crippen LogP contribution in [-0.2, 0) is 23.9 Å². The number of allylic oxidation sites excluding steroid dienone is 1. The molecular formula is C24H32O7. The molecule has 0 aliphatic heterocycles. The van der Waals surface area contributed by atoms with E-state index in [0.717, 1.165) is 0 Å². The Morgan fingerprint density at radius 3 is 2.35 bits per heavy atom. The minimum absolute atomic E-state index is 0.0264. The summed E-state index contributed by atoms with van der Waals surface area (Å²) in [4.78, 5) is 37.1. The molecule has 0 unspecified atom stereocenters. The molecule has 0 aromatic carbocycles. The molecule has 2 N–H and O–H groups in total. The fraction of sp³-hybridized carbons (Fsp3) is 0.708. The summed E-state index contributed by atoms with van der Waals surface area (Å²) < 4.78 is 11.7. The van der Waals surface area contributed by atoms with Gasteiger partial charge in [0.1, 0.15) is 6.10 Å². The maximum absolute atomic E-state index is 12.9. The van der Waals surface area contributed by atoms with Crippen LogP contribution in [0.15, 0.2) is 23.3 Å². The number of aliphatic hydroxyl groups excluding tert-OH is 1. The van der Waals surface area contributed by atoms with Crippen molar-refractivity contribution in [2.45, 2.75) is 65.3 Å². The number of esters is 2. The van der Waals surface area contributed by atoms with Crippen LogP contribution in [0, 0.1) is 35.0 Å². The van der Waals surface area contributed by atoms with Gasteiger partial charge in [-0.15, -0.1) is 0 Å². The molecule has 0 saturated heterocycles. The summed E-state index contributed by atoms with van der Waals surface area (Å²) in [5.41, 5.74) is -1.77. The third-order valence-corrected chi connectivity index (χ3v) is 8.49. The highest BCUT2D eigenvalue weighted by Gasteiger charge is 2.87. The molecule has 4 aliphatic carbocycles. The van der Waals surface area contributed by atoms with Gasteiger partial charge >= 0.3 is 11.9 Å². The largest absolute Gasteiger partial charge is 0.458 e. The van der Waals surface area contributed by atoms with Crippen LogP contribution >= 0.6 is 0 Å². The zero-order chi connectivity index (χ0) is 23.1. The molecule has 4 rings (SSSR count). The average molecular weight is 433 g/mol. The molecule has 2 fully saturated rings. The first kappa shape index (κ1) is 22.2. The number of ether oxygens (including phenoxy) is 2. The second-order valence-electron chi connectivity index (χ2n) is 10.4. The Bertz CT molecular complexity index is 915. The Morgan fingerprint density at radius 2 is 1.81 bits per heavy atom. The summed E-state index contributed by atoms with van der Waals surface area (Å²) in [6, 6.07) is 0. The Kier molecular flexibility index (Phi) is 4.84. The van der Waals surface area contributed by atoms with Gasteiger partial charge in [0.25, 0.3) is 0 Å². The topological polar surface area (TPSA) is 110 Å². The SMILES string of the molecule is CC(=O)O[C@@H]1[C@@H](C)[C@]2(O)[C@@H]3C=C(C)C(=O)[C@@H]3CC(CO)=C[C@H]2[C@@H]2C(C)(C)[C@]12OC(C)=O. The number of aliphatic hydroxyl groups is 2. The number of rotatable bonds is 3. The molecule has 0 heterocycles. The van der Waals surface area contributed by atoms with Gasteiger partial charge in [-0.05, 0) is 24.5 Å². The highest BCUT2D eigenvalue weighted by Crippen LogP contribution is 2.76. The number of carbonyl (C=O) groups excluding carboxylic acids is 3. The zero-order valence-electron chi connectivity index (χ0n) is 19.0. The van der Waals surface area contributed by atoms with Crippen molar-refractivity contribution in [1.82, 2.24) is 0 Å². The van der Waals surface area contributed by atoms with Crippen molar-refractivity contribution in [3.8, 4) is 0 Å². The Balaban J connectivity index is 1.94. The number of fused-ring (bicyclic) bond motifs is 5. The molecule has 0 aromatic rings. The van der Waals surface area contributed by atoms with Gasteiger partial charge in [-0.3, -0.25) is 14.4 Å². The minimum Gasteiger partial charge on any atom is -0.458 e. The van der Waals surface area contributed by atoms with E-state index in [-0.39, 0.29) is 18.3 Å². The van der Waals surface area contributed by atoms with E-state index in [0.29, 0.717) is 17.6 Å². The summed E-state index contributed by atoms with van der Waals surface area (Å²) in [6.45, 7) is 9.87. The van der Waals surface area contributed by atoms with E-state index in [1.165, 1.54) is 13.8 Å². The summed E-state index contributed by atoms with van der Waals surface area (Å²) in [6.07, 6.45) is 3.23. The Morgan fingerprint density at radius 1 is 1.16 bits per heavy atom. The molecule has 8 atom stereocenters. The van der Waals surface area contributed by atoms with Crippen LogP contribution in [0.25, 0.3) is 0 Å². The van der Waals surface area contributed by atoms with Crippen LogP contribution in [0.1, 0.15) is 48.0 Å². The van der Waals surface area contributed by atoms with Gasteiger partial charge in [-0.1, -0.05) is 32.9 Å². The molecule has 170 valence electrons. The molecule has 4 aliphatic rings. The van der Waals surface area contributed by atoms with Gasteiger partial charge in [0.15, 0.2) is 11.4 Å². The van der Waals surface area contributed by atoms with E-state index in [4.69, 9.17) is 9.47 Å². The molecule has 0 bridgehead atoms. The Labute approximate surface area is 182 Å².